The molecule has 0 bridgehead atoms. The van der Waals surface area contributed by atoms with E-state index in [9.17, 15) is 4.79 Å². The largest absolute Gasteiger partial charge is 0.271 e. The minimum atomic E-state index is 0.0317. The van der Waals surface area contributed by atoms with E-state index in [1.54, 1.807) is 23.1 Å². The molecule has 3 heterocycles. The van der Waals surface area contributed by atoms with Gasteiger partial charge in [0.15, 0.2) is 5.82 Å². The van der Waals surface area contributed by atoms with Gasteiger partial charge in [0.2, 0.25) is 0 Å². The van der Waals surface area contributed by atoms with Gasteiger partial charge >= 0.3 is 0 Å². The average Bonchev–Trinajstić information content (AvgIpc) is 3.08. The van der Waals surface area contributed by atoms with Gasteiger partial charge in [0.25, 0.3) is 5.56 Å². The highest BCUT2D eigenvalue weighted by molar-refractivity contribution is 8.14. The summed E-state index contributed by atoms with van der Waals surface area (Å²) in [4.78, 5) is 17.4. The lowest BCUT2D eigenvalue weighted by molar-refractivity contribution is 0.407. The van der Waals surface area contributed by atoms with Gasteiger partial charge in [-0.3, -0.25) is 14.6 Å². The van der Waals surface area contributed by atoms with Crippen molar-refractivity contribution in [3.63, 3.8) is 0 Å². The van der Waals surface area contributed by atoms with Crippen LogP contribution >= 0.6 is 23.1 Å². The number of aromatic nitrogens is 2. The number of nitrogens with one attached hydrogen (secondary N) is 1. The molecular formula is C17H21N3OS2. The number of rotatable bonds is 2. The first-order valence-electron chi connectivity index (χ1n) is 8.32. The molecule has 2 aromatic rings. The Hall–Kier alpha value is -1.27. The predicted molar refractivity (Wildman–Crippen MR) is 98.3 cm³/mol. The molecule has 1 atom stereocenters. The number of H-pyrrole nitrogens is 1. The van der Waals surface area contributed by atoms with Crippen LogP contribution in [0.2, 0.25) is 0 Å². The first-order valence-corrected chi connectivity index (χ1v) is 10.1. The predicted octanol–water partition coefficient (Wildman–Crippen LogP) is 5.02. The molecule has 0 amide bonds. The van der Waals surface area contributed by atoms with E-state index in [-0.39, 0.29) is 10.8 Å². The maximum absolute atomic E-state index is 12.7. The quantitative estimate of drug-likeness (QED) is 0.776. The van der Waals surface area contributed by atoms with Crippen molar-refractivity contribution in [2.45, 2.75) is 56.7 Å². The van der Waals surface area contributed by atoms with Gasteiger partial charge in [-0.25, -0.2) is 4.99 Å². The zero-order chi connectivity index (χ0) is 15.8. The van der Waals surface area contributed by atoms with E-state index in [1.807, 2.05) is 6.92 Å². The number of thiophene rings is 1. The molecule has 1 N–H and O–H groups in total. The summed E-state index contributed by atoms with van der Waals surface area (Å²) in [7, 11) is 0. The Balaban J connectivity index is 1.80. The van der Waals surface area contributed by atoms with Gasteiger partial charge in [0.1, 0.15) is 0 Å². The topological polar surface area (TPSA) is 50.1 Å². The first-order chi connectivity index (χ1) is 11.2. The Labute approximate surface area is 144 Å². The number of aromatic amines is 1. The molecule has 4 rings (SSSR count). The Bertz CT molecular complexity index is 764. The highest BCUT2D eigenvalue weighted by Crippen LogP contribution is 2.45. The molecule has 0 spiro atoms. The first kappa shape index (κ1) is 15.3. The van der Waals surface area contributed by atoms with E-state index >= 15 is 0 Å². The third-order valence-corrected chi connectivity index (χ3v) is 6.66. The van der Waals surface area contributed by atoms with Gasteiger partial charge in [0.05, 0.1) is 21.9 Å². The van der Waals surface area contributed by atoms with E-state index in [1.165, 1.54) is 31.2 Å². The van der Waals surface area contributed by atoms with Crippen LogP contribution in [0.5, 0.6) is 0 Å². The Morgan fingerprint density at radius 2 is 2.04 bits per heavy atom. The highest BCUT2D eigenvalue weighted by Gasteiger charge is 2.32. The van der Waals surface area contributed by atoms with E-state index in [0.29, 0.717) is 6.04 Å². The molecule has 2 aliphatic rings. The smallest absolute Gasteiger partial charge is 0.268 e. The standard InChI is InChI=1S/C17H21N3OS2/c1-11-18-16-14(15(23-11)12-8-9-22-10-12)17(21)19-20(16)13-6-4-2-3-5-7-13/h8-10,13,15H,2-7H2,1H3,(H,19,21)/t15-/m0/s1. The number of thioether (sulfide) groups is 1. The Kier molecular flexibility index (Phi) is 4.20. The number of fused-ring (bicyclic) bond motifs is 1. The van der Waals surface area contributed by atoms with Crippen LogP contribution in [-0.4, -0.2) is 14.8 Å². The van der Waals surface area contributed by atoms with E-state index in [2.05, 4.69) is 26.6 Å². The van der Waals surface area contributed by atoms with Crippen molar-refractivity contribution in [2.24, 2.45) is 4.99 Å². The molecule has 1 aliphatic carbocycles. The molecule has 1 saturated carbocycles. The summed E-state index contributed by atoms with van der Waals surface area (Å²) in [6, 6.07) is 2.50. The number of nitrogens with zero attached hydrogens (tertiary/aromatic N) is 2. The SMILES string of the molecule is CC1=Nc2c(c(=O)[nH]n2C2CCCCCC2)[C@H](c2ccsc2)S1. The van der Waals surface area contributed by atoms with Crippen LogP contribution in [0.15, 0.2) is 26.6 Å². The second kappa shape index (κ2) is 6.32. The minimum Gasteiger partial charge on any atom is -0.268 e. The summed E-state index contributed by atoms with van der Waals surface area (Å²) in [5.41, 5.74) is 2.08. The normalized spacial score (nSPS) is 22.5. The maximum Gasteiger partial charge on any atom is 0.271 e. The van der Waals surface area contributed by atoms with E-state index in [4.69, 9.17) is 4.99 Å². The fourth-order valence-electron chi connectivity index (χ4n) is 3.65. The molecule has 1 aliphatic heterocycles. The van der Waals surface area contributed by atoms with Crippen LogP contribution < -0.4 is 5.56 Å². The van der Waals surface area contributed by atoms with Crippen LogP contribution in [0.4, 0.5) is 5.82 Å². The van der Waals surface area contributed by atoms with Crippen molar-refractivity contribution in [3.8, 4) is 0 Å². The van der Waals surface area contributed by atoms with Gasteiger partial charge in [-0.1, -0.05) is 37.4 Å². The Morgan fingerprint density at radius 3 is 2.74 bits per heavy atom. The zero-order valence-corrected chi connectivity index (χ0v) is 14.9. The number of hydrogen-bond donors (Lipinski definition) is 1. The molecule has 0 unspecified atom stereocenters. The second-order valence-corrected chi connectivity index (χ2v) is 8.46. The van der Waals surface area contributed by atoms with Crippen molar-refractivity contribution in [3.05, 3.63) is 38.3 Å². The second-order valence-electron chi connectivity index (χ2n) is 6.38. The van der Waals surface area contributed by atoms with Gasteiger partial charge < -0.3 is 0 Å². The fourth-order valence-corrected chi connectivity index (χ4v) is 5.51. The van der Waals surface area contributed by atoms with Crippen LogP contribution in [0.25, 0.3) is 0 Å². The van der Waals surface area contributed by atoms with Crippen LogP contribution in [0.3, 0.4) is 0 Å². The summed E-state index contributed by atoms with van der Waals surface area (Å²) >= 11 is 3.37. The molecule has 0 saturated heterocycles. The molecular weight excluding hydrogens is 326 g/mol. The number of hydrogen-bond acceptors (Lipinski definition) is 4. The maximum atomic E-state index is 12.7. The molecule has 122 valence electrons. The molecule has 0 aromatic carbocycles. The molecule has 2 aromatic heterocycles. The highest BCUT2D eigenvalue weighted by atomic mass is 32.2. The van der Waals surface area contributed by atoms with Gasteiger partial charge in [-0.2, -0.15) is 11.3 Å². The summed E-state index contributed by atoms with van der Waals surface area (Å²) < 4.78 is 2.07. The molecule has 1 fully saturated rings. The van der Waals surface area contributed by atoms with E-state index in [0.717, 1.165) is 29.3 Å². The average molecular weight is 348 g/mol. The minimum absolute atomic E-state index is 0.0317. The van der Waals surface area contributed by atoms with Crippen molar-refractivity contribution in [2.75, 3.05) is 0 Å². The summed E-state index contributed by atoms with van der Waals surface area (Å²) in [5, 5.41) is 8.44. The Morgan fingerprint density at radius 1 is 1.26 bits per heavy atom. The molecule has 6 heteroatoms. The summed E-state index contributed by atoms with van der Waals surface area (Å²) in [6.07, 6.45) is 7.37. The third kappa shape index (κ3) is 2.83. The molecule has 23 heavy (non-hydrogen) atoms. The third-order valence-electron chi connectivity index (χ3n) is 4.79. The lowest BCUT2D eigenvalue weighted by Crippen LogP contribution is -2.13. The van der Waals surface area contributed by atoms with Crippen molar-refractivity contribution in [1.29, 1.82) is 0 Å². The van der Waals surface area contributed by atoms with Crippen LogP contribution in [0.1, 0.15) is 67.9 Å². The van der Waals surface area contributed by atoms with Crippen molar-refractivity contribution in [1.82, 2.24) is 9.78 Å². The monoisotopic (exact) mass is 347 g/mol. The van der Waals surface area contributed by atoms with Gasteiger partial charge in [-0.05, 0) is 42.2 Å². The van der Waals surface area contributed by atoms with Crippen molar-refractivity contribution < 1.29 is 0 Å². The van der Waals surface area contributed by atoms with Crippen molar-refractivity contribution >= 4 is 34.0 Å². The summed E-state index contributed by atoms with van der Waals surface area (Å²) in [5.74, 6) is 0.870. The molecule has 0 radical (unpaired) electrons. The van der Waals surface area contributed by atoms with Crippen LogP contribution in [0, 0.1) is 0 Å². The van der Waals surface area contributed by atoms with E-state index < -0.39 is 0 Å². The number of aliphatic imine (C=N–C) groups is 1. The van der Waals surface area contributed by atoms with Crippen LogP contribution in [-0.2, 0) is 0 Å². The lowest BCUT2D eigenvalue weighted by Gasteiger charge is -2.22. The van der Waals surface area contributed by atoms with Gasteiger partial charge in [0, 0.05) is 0 Å². The fraction of sp³-hybridized carbons (Fsp3) is 0.529. The lowest BCUT2D eigenvalue weighted by atomic mass is 10.1. The zero-order valence-electron chi connectivity index (χ0n) is 13.2. The summed E-state index contributed by atoms with van der Waals surface area (Å²) in [6.45, 7) is 2.04. The van der Waals surface area contributed by atoms with Gasteiger partial charge in [-0.15, -0.1) is 0 Å². The molecule has 4 nitrogen and oxygen atoms in total.